The average Bonchev–Trinajstić information content (AvgIpc) is 2.03. The molecule has 3 heteroatoms. The van der Waals surface area contributed by atoms with Crippen LogP contribution in [0, 0.1) is 0 Å². The Hall–Kier alpha value is -0.129. The second-order valence-electron chi connectivity index (χ2n) is 5.08. The number of hydrogen-bond acceptors (Lipinski definition) is 0. The standard InChI is InChI=1S/C10H20Si3/c1-10(2,3)12-13(11)9-7-5-4-6-8-9/h4-8,13H,12H2,1-3,11H3. The maximum atomic E-state index is 2.42. The van der Waals surface area contributed by atoms with Gasteiger partial charge in [-0.15, -0.1) is 0 Å². The van der Waals surface area contributed by atoms with Crippen molar-refractivity contribution in [3.63, 3.8) is 0 Å². The van der Waals surface area contributed by atoms with Gasteiger partial charge in [0.15, 0.2) is 0 Å². The van der Waals surface area contributed by atoms with E-state index in [9.17, 15) is 0 Å². The van der Waals surface area contributed by atoms with Crippen LogP contribution in [0.15, 0.2) is 30.3 Å². The molecule has 1 rings (SSSR count). The SMILES string of the molecule is CC(C)(C)[SiH2][SiH]([SiH3])c1ccccc1. The topological polar surface area (TPSA) is 0 Å². The lowest BCUT2D eigenvalue weighted by molar-refractivity contribution is 0.762. The average molecular weight is 225 g/mol. The lowest BCUT2D eigenvalue weighted by Gasteiger charge is -2.21. The van der Waals surface area contributed by atoms with Gasteiger partial charge < -0.3 is 0 Å². The molecule has 13 heavy (non-hydrogen) atoms. The first kappa shape index (κ1) is 10.9. The second kappa shape index (κ2) is 4.39. The summed E-state index contributed by atoms with van der Waals surface area (Å²) in [6.45, 7) is 7.25. The molecule has 0 saturated carbocycles. The molecule has 0 heterocycles. The molecule has 0 aliphatic rings. The fourth-order valence-corrected chi connectivity index (χ4v) is 24.0. The van der Waals surface area contributed by atoms with E-state index < -0.39 is 7.83 Å². The highest BCUT2D eigenvalue weighted by Gasteiger charge is 2.17. The summed E-state index contributed by atoms with van der Waals surface area (Å²) in [6.07, 6.45) is 0. The van der Waals surface area contributed by atoms with Crippen LogP contribution in [-0.4, -0.2) is 26.6 Å². The highest BCUT2D eigenvalue weighted by atomic mass is 29.5. The predicted octanol–water partition coefficient (Wildman–Crippen LogP) is -0.133. The van der Waals surface area contributed by atoms with E-state index in [1.54, 1.807) is 5.19 Å². The molecule has 1 unspecified atom stereocenters. The molecule has 1 atom stereocenters. The summed E-state index contributed by atoms with van der Waals surface area (Å²) in [7, 11) is 1.23. The van der Waals surface area contributed by atoms with E-state index in [0.29, 0.717) is 5.04 Å². The van der Waals surface area contributed by atoms with E-state index in [-0.39, 0.29) is 9.04 Å². The van der Waals surface area contributed by atoms with Crippen molar-refractivity contribution in [2.75, 3.05) is 0 Å². The predicted molar refractivity (Wildman–Crippen MR) is 71.4 cm³/mol. The van der Waals surface area contributed by atoms with Gasteiger partial charge in [0.1, 0.15) is 0 Å². The summed E-state index contributed by atoms with van der Waals surface area (Å²) in [5.74, 6) is 0. The second-order valence-corrected chi connectivity index (χ2v) is 24.1. The van der Waals surface area contributed by atoms with Gasteiger partial charge in [-0.1, -0.05) is 61.3 Å². The minimum Gasteiger partial charge on any atom is -0.0698 e. The van der Waals surface area contributed by atoms with Crippen molar-refractivity contribution < 1.29 is 0 Å². The van der Waals surface area contributed by atoms with Crippen molar-refractivity contribution >= 4 is 31.8 Å². The Morgan fingerprint density at radius 1 is 1.15 bits per heavy atom. The Morgan fingerprint density at radius 2 is 1.69 bits per heavy atom. The third-order valence-electron chi connectivity index (χ3n) is 2.29. The number of rotatable bonds is 2. The maximum Gasteiger partial charge on any atom is 0.0426 e. The van der Waals surface area contributed by atoms with Crippen LogP contribution < -0.4 is 5.19 Å². The van der Waals surface area contributed by atoms with Crippen LogP contribution in [0.3, 0.4) is 0 Å². The van der Waals surface area contributed by atoms with Crippen LogP contribution in [0.4, 0.5) is 0 Å². The van der Waals surface area contributed by atoms with Gasteiger partial charge >= 0.3 is 0 Å². The highest BCUT2D eigenvalue weighted by Crippen LogP contribution is 2.19. The fourth-order valence-electron chi connectivity index (χ4n) is 1.82. The zero-order valence-electron chi connectivity index (χ0n) is 9.17. The molecule has 0 radical (unpaired) electrons. The van der Waals surface area contributed by atoms with E-state index in [2.05, 4.69) is 51.1 Å². The molecule has 0 saturated heterocycles. The first-order valence-electron chi connectivity index (χ1n) is 5.04. The smallest absolute Gasteiger partial charge is 0.0426 e. The zero-order valence-corrected chi connectivity index (χ0v) is 13.7. The molecular formula is C10H20Si3. The molecule has 0 aliphatic carbocycles. The van der Waals surface area contributed by atoms with Crippen molar-refractivity contribution in [1.29, 1.82) is 0 Å². The lowest BCUT2D eigenvalue weighted by atomic mass is 10.3. The molecule has 0 spiro atoms. The molecule has 1 aromatic rings. The molecule has 0 amide bonds. The first-order valence-corrected chi connectivity index (χ1v) is 14.2. The van der Waals surface area contributed by atoms with E-state index in [1.807, 2.05) is 0 Å². The third kappa shape index (κ3) is 4.06. The molecule has 72 valence electrons. The molecule has 0 N–H and O–H groups in total. The van der Waals surface area contributed by atoms with E-state index in [4.69, 9.17) is 0 Å². The fraction of sp³-hybridized carbons (Fsp3) is 0.400. The number of benzene rings is 1. The summed E-state index contributed by atoms with van der Waals surface area (Å²) >= 11 is 0. The van der Waals surface area contributed by atoms with Gasteiger partial charge in [0, 0.05) is 16.9 Å². The molecule has 0 fully saturated rings. The lowest BCUT2D eigenvalue weighted by Crippen LogP contribution is -2.41. The van der Waals surface area contributed by atoms with Gasteiger partial charge in [-0.3, -0.25) is 0 Å². The third-order valence-corrected chi connectivity index (χ3v) is 18.2. The summed E-state index contributed by atoms with van der Waals surface area (Å²) in [5, 5.41) is 2.38. The summed E-state index contributed by atoms with van der Waals surface area (Å²) < 4.78 is 0. The van der Waals surface area contributed by atoms with E-state index in [0.717, 1.165) is 0 Å². The normalized spacial score (nSPS) is 15.3. The summed E-state index contributed by atoms with van der Waals surface area (Å²) in [6, 6.07) is 11.2. The van der Waals surface area contributed by atoms with Crippen LogP contribution in [0.1, 0.15) is 20.8 Å². The van der Waals surface area contributed by atoms with E-state index in [1.165, 1.54) is 9.76 Å². The van der Waals surface area contributed by atoms with Crippen LogP contribution in [-0.2, 0) is 0 Å². The maximum absolute atomic E-state index is 2.42. The van der Waals surface area contributed by atoms with Crippen LogP contribution in [0.25, 0.3) is 0 Å². The van der Waals surface area contributed by atoms with Gasteiger partial charge in [-0.25, -0.2) is 0 Å². The molecule has 0 nitrogen and oxygen atoms in total. The Bertz CT molecular complexity index is 251. The van der Waals surface area contributed by atoms with Crippen LogP contribution in [0.2, 0.25) is 5.04 Å². The summed E-state index contributed by atoms with van der Waals surface area (Å²) in [4.78, 5) is 0. The minimum atomic E-state index is -0.408. The largest absolute Gasteiger partial charge is 0.0698 e. The van der Waals surface area contributed by atoms with Crippen molar-refractivity contribution in [3.05, 3.63) is 30.3 Å². The van der Waals surface area contributed by atoms with Gasteiger partial charge in [0.25, 0.3) is 0 Å². The molecule has 0 aliphatic heterocycles. The Kier molecular flexibility index (Phi) is 3.70. The molecule has 1 aromatic carbocycles. The Labute approximate surface area is 88.2 Å². The van der Waals surface area contributed by atoms with Gasteiger partial charge in [-0.05, 0) is 9.76 Å². The van der Waals surface area contributed by atoms with Crippen LogP contribution >= 0.6 is 0 Å². The van der Waals surface area contributed by atoms with Gasteiger partial charge in [0.2, 0.25) is 0 Å². The monoisotopic (exact) mass is 224 g/mol. The van der Waals surface area contributed by atoms with Gasteiger partial charge in [-0.2, -0.15) is 0 Å². The van der Waals surface area contributed by atoms with Gasteiger partial charge in [0.05, 0.1) is 0 Å². The van der Waals surface area contributed by atoms with E-state index >= 15 is 0 Å². The quantitative estimate of drug-likeness (QED) is 0.614. The number of hydrogen-bond donors (Lipinski definition) is 0. The minimum absolute atomic E-state index is 0.176. The summed E-state index contributed by atoms with van der Waals surface area (Å²) in [5.41, 5.74) is 0. The molecular weight excluding hydrogens is 204 g/mol. The van der Waals surface area contributed by atoms with Crippen LogP contribution in [0.5, 0.6) is 0 Å². The molecule has 0 aromatic heterocycles. The van der Waals surface area contributed by atoms with Crippen molar-refractivity contribution in [2.24, 2.45) is 0 Å². The zero-order chi connectivity index (χ0) is 9.90. The van der Waals surface area contributed by atoms with Crippen molar-refractivity contribution in [2.45, 2.75) is 25.8 Å². The Morgan fingerprint density at radius 3 is 2.15 bits per heavy atom. The molecule has 0 bridgehead atoms. The Balaban J connectivity index is 2.64. The van der Waals surface area contributed by atoms with Crippen molar-refractivity contribution in [1.82, 2.24) is 0 Å². The highest BCUT2D eigenvalue weighted by molar-refractivity contribution is 7.41. The van der Waals surface area contributed by atoms with Crippen molar-refractivity contribution in [3.8, 4) is 0 Å². The first-order chi connectivity index (χ1) is 5.99.